The van der Waals surface area contributed by atoms with Crippen LogP contribution in [0.15, 0.2) is 24.3 Å². The first kappa shape index (κ1) is 20.9. The Morgan fingerprint density at radius 3 is 2.05 bits per heavy atom. The van der Waals surface area contributed by atoms with Gasteiger partial charge in [-0.3, -0.25) is 4.79 Å². The molecule has 126 valence electrons. The third kappa shape index (κ3) is 9.06. The van der Waals surface area contributed by atoms with E-state index < -0.39 is 12.0 Å². The zero-order valence-corrected chi connectivity index (χ0v) is 14.4. The van der Waals surface area contributed by atoms with E-state index in [1.807, 2.05) is 0 Å². The Morgan fingerprint density at radius 1 is 1.00 bits per heavy atom. The summed E-state index contributed by atoms with van der Waals surface area (Å²) in [6, 6.07) is 7.76. The maximum absolute atomic E-state index is 10.7. The average molecular weight is 328 g/mol. The predicted octanol–water partition coefficient (Wildman–Crippen LogP) is 4.36. The monoisotopic (exact) mass is 327 g/mol. The van der Waals surface area contributed by atoms with Gasteiger partial charge in [-0.15, -0.1) is 12.4 Å². The number of unbranched alkanes of at least 4 members (excludes halogenated alkanes) is 5. The molecule has 0 saturated carbocycles. The Hall–Kier alpha value is -1.06. The zero-order valence-electron chi connectivity index (χ0n) is 13.6. The molecule has 22 heavy (non-hydrogen) atoms. The number of carboxylic acids is 1. The lowest BCUT2D eigenvalue weighted by Crippen LogP contribution is -2.30. The highest BCUT2D eigenvalue weighted by molar-refractivity contribution is 5.85. The molecule has 0 heterocycles. The molecular formula is C18H30ClNO2. The van der Waals surface area contributed by atoms with E-state index in [1.54, 1.807) is 0 Å². The van der Waals surface area contributed by atoms with Crippen LogP contribution in [0.4, 0.5) is 0 Å². The van der Waals surface area contributed by atoms with Crippen LogP contribution >= 0.6 is 12.4 Å². The zero-order chi connectivity index (χ0) is 15.5. The van der Waals surface area contributed by atoms with Crippen molar-refractivity contribution in [3.63, 3.8) is 0 Å². The first-order chi connectivity index (χ1) is 10.1. The molecule has 0 aliphatic rings. The molecule has 0 aromatic heterocycles. The maximum Gasteiger partial charge on any atom is 0.320 e. The number of aryl methyl sites for hydroxylation is 2. The van der Waals surface area contributed by atoms with E-state index in [1.165, 1.54) is 49.7 Å². The van der Waals surface area contributed by atoms with Crippen molar-refractivity contribution in [2.24, 2.45) is 5.73 Å². The third-order valence-corrected chi connectivity index (χ3v) is 3.90. The van der Waals surface area contributed by atoms with Gasteiger partial charge < -0.3 is 10.8 Å². The van der Waals surface area contributed by atoms with Crippen molar-refractivity contribution in [1.82, 2.24) is 0 Å². The van der Waals surface area contributed by atoms with E-state index in [2.05, 4.69) is 31.2 Å². The molecule has 0 amide bonds. The van der Waals surface area contributed by atoms with Gasteiger partial charge >= 0.3 is 5.97 Å². The Morgan fingerprint density at radius 2 is 1.50 bits per heavy atom. The number of hydrogen-bond donors (Lipinski definition) is 2. The van der Waals surface area contributed by atoms with Gasteiger partial charge in [-0.05, 0) is 36.8 Å². The van der Waals surface area contributed by atoms with Crippen LogP contribution in [0.3, 0.4) is 0 Å². The average Bonchev–Trinajstić information content (AvgIpc) is 2.49. The topological polar surface area (TPSA) is 63.3 Å². The first-order valence-corrected chi connectivity index (χ1v) is 8.19. The summed E-state index contributed by atoms with van der Waals surface area (Å²) in [5, 5.41) is 8.75. The van der Waals surface area contributed by atoms with Crippen molar-refractivity contribution >= 4 is 18.4 Å². The lowest BCUT2D eigenvalue weighted by Gasteiger charge is -2.07. The smallest absolute Gasteiger partial charge is 0.320 e. The highest BCUT2D eigenvalue weighted by Crippen LogP contribution is 2.12. The summed E-state index contributed by atoms with van der Waals surface area (Å²) in [5.74, 6) is -0.922. The van der Waals surface area contributed by atoms with Crippen LogP contribution in [0.1, 0.15) is 63.0 Å². The molecule has 0 saturated heterocycles. The lowest BCUT2D eigenvalue weighted by molar-refractivity contribution is -0.138. The number of rotatable bonds is 11. The number of carboxylic acid groups (broad SMARTS) is 1. The quantitative estimate of drug-likeness (QED) is 0.594. The van der Waals surface area contributed by atoms with Gasteiger partial charge in [0.25, 0.3) is 0 Å². The van der Waals surface area contributed by atoms with Gasteiger partial charge in [0.15, 0.2) is 0 Å². The molecule has 1 atom stereocenters. The van der Waals surface area contributed by atoms with Gasteiger partial charge in [-0.25, -0.2) is 0 Å². The van der Waals surface area contributed by atoms with Gasteiger partial charge in [0, 0.05) is 0 Å². The summed E-state index contributed by atoms with van der Waals surface area (Å²) in [7, 11) is 0. The van der Waals surface area contributed by atoms with Crippen LogP contribution in [0.5, 0.6) is 0 Å². The molecule has 0 aliphatic heterocycles. The molecule has 0 spiro atoms. The van der Waals surface area contributed by atoms with Gasteiger partial charge in [0.2, 0.25) is 0 Å². The van der Waals surface area contributed by atoms with Crippen LogP contribution in [-0.4, -0.2) is 17.1 Å². The molecule has 4 heteroatoms. The van der Waals surface area contributed by atoms with E-state index in [-0.39, 0.29) is 12.4 Å². The van der Waals surface area contributed by atoms with Crippen molar-refractivity contribution < 1.29 is 9.90 Å². The molecule has 0 fully saturated rings. The second-order valence-electron chi connectivity index (χ2n) is 5.82. The van der Waals surface area contributed by atoms with Crippen LogP contribution in [0, 0.1) is 0 Å². The largest absolute Gasteiger partial charge is 0.480 e. The predicted molar refractivity (Wildman–Crippen MR) is 94.7 cm³/mol. The minimum atomic E-state index is -0.922. The first-order valence-electron chi connectivity index (χ1n) is 8.19. The van der Waals surface area contributed by atoms with E-state index in [9.17, 15) is 4.79 Å². The fraction of sp³-hybridized carbons (Fsp3) is 0.611. The minimum absolute atomic E-state index is 0. The summed E-state index contributed by atoms with van der Waals surface area (Å²) in [6.07, 6.45) is 10.3. The molecule has 3 N–H and O–H groups in total. The number of benzene rings is 1. The molecule has 0 bridgehead atoms. The SMILES string of the molecule is CCCCCCCCc1ccc(CCC(N)C(=O)O)cc1.Cl. The lowest BCUT2D eigenvalue weighted by atomic mass is 10.0. The van der Waals surface area contributed by atoms with Gasteiger partial charge in [-0.2, -0.15) is 0 Å². The van der Waals surface area contributed by atoms with Gasteiger partial charge in [0.05, 0.1) is 0 Å². The molecule has 1 aromatic rings. The Labute approximate surface area is 140 Å². The Bertz CT molecular complexity index is 406. The number of nitrogens with two attached hydrogens (primary N) is 1. The van der Waals surface area contributed by atoms with Crippen molar-refractivity contribution in [1.29, 1.82) is 0 Å². The molecule has 0 radical (unpaired) electrons. The standard InChI is InChI=1S/C18H29NO2.ClH/c1-2-3-4-5-6-7-8-15-9-11-16(12-10-15)13-14-17(19)18(20)21;/h9-12,17H,2-8,13-14,19H2,1H3,(H,20,21);1H. The second-order valence-corrected chi connectivity index (χ2v) is 5.82. The van der Waals surface area contributed by atoms with E-state index in [0.717, 1.165) is 12.8 Å². The molecular weight excluding hydrogens is 298 g/mol. The van der Waals surface area contributed by atoms with E-state index in [4.69, 9.17) is 10.8 Å². The van der Waals surface area contributed by atoms with E-state index >= 15 is 0 Å². The highest BCUT2D eigenvalue weighted by atomic mass is 35.5. The van der Waals surface area contributed by atoms with Crippen molar-refractivity contribution in [2.75, 3.05) is 0 Å². The highest BCUT2D eigenvalue weighted by Gasteiger charge is 2.10. The Balaban J connectivity index is 0.00000441. The van der Waals surface area contributed by atoms with Crippen molar-refractivity contribution in [3.8, 4) is 0 Å². The van der Waals surface area contributed by atoms with Gasteiger partial charge in [-0.1, -0.05) is 63.3 Å². The third-order valence-electron chi connectivity index (χ3n) is 3.90. The summed E-state index contributed by atoms with van der Waals surface area (Å²) in [4.78, 5) is 10.7. The summed E-state index contributed by atoms with van der Waals surface area (Å²) >= 11 is 0. The number of halogens is 1. The summed E-state index contributed by atoms with van der Waals surface area (Å²) in [5.41, 5.74) is 8.05. The Kier molecular flexibility index (Phi) is 11.9. The van der Waals surface area contributed by atoms with Gasteiger partial charge in [0.1, 0.15) is 6.04 Å². The number of hydrogen-bond acceptors (Lipinski definition) is 2. The molecule has 0 aliphatic carbocycles. The second kappa shape index (κ2) is 12.5. The summed E-state index contributed by atoms with van der Waals surface area (Å²) < 4.78 is 0. The molecule has 1 rings (SSSR count). The maximum atomic E-state index is 10.7. The number of carbonyl (C=O) groups is 1. The molecule has 3 nitrogen and oxygen atoms in total. The minimum Gasteiger partial charge on any atom is -0.480 e. The molecule has 1 unspecified atom stereocenters. The fourth-order valence-corrected chi connectivity index (χ4v) is 2.43. The van der Waals surface area contributed by atoms with Crippen LogP contribution in [0.25, 0.3) is 0 Å². The summed E-state index contributed by atoms with van der Waals surface area (Å²) in [6.45, 7) is 2.24. The van der Waals surface area contributed by atoms with Crippen LogP contribution < -0.4 is 5.73 Å². The fourth-order valence-electron chi connectivity index (χ4n) is 2.43. The van der Waals surface area contributed by atoms with Crippen LogP contribution in [0.2, 0.25) is 0 Å². The normalized spacial score (nSPS) is 11.7. The molecule has 1 aromatic carbocycles. The van der Waals surface area contributed by atoms with Crippen LogP contribution in [-0.2, 0) is 17.6 Å². The van der Waals surface area contributed by atoms with E-state index in [0.29, 0.717) is 6.42 Å². The van der Waals surface area contributed by atoms with Crippen molar-refractivity contribution in [2.45, 2.75) is 70.8 Å². The number of aliphatic carboxylic acids is 1. The van der Waals surface area contributed by atoms with Crippen molar-refractivity contribution in [3.05, 3.63) is 35.4 Å².